The van der Waals surface area contributed by atoms with Gasteiger partial charge in [0.25, 0.3) is 5.91 Å². The summed E-state index contributed by atoms with van der Waals surface area (Å²) in [4.78, 5) is 26.3. The summed E-state index contributed by atoms with van der Waals surface area (Å²) in [6, 6.07) is 13.7. The summed E-state index contributed by atoms with van der Waals surface area (Å²) in [6.45, 7) is 1.33. The fourth-order valence-corrected chi connectivity index (χ4v) is 3.68. The molecule has 0 heterocycles. The Balaban J connectivity index is 1.53. The summed E-state index contributed by atoms with van der Waals surface area (Å²) in [5.74, 6) is -0.256. The molecule has 1 fully saturated rings. The average molecular weight is 431 g/mol. The van der Waals surface area contributed by atoms with Crippen molar-refractivity contribution in [2.75, 3.05) is 18.9 Å². The number of nitrogens with one attached hydrogen (secondary N) is 2. The number of primary sulfonamides is 1. The molecule has 9 heteroatoms. The lowest BCUT2D eigenvalue weighted by Gasteiger charge is -2.22. The van der Waals surface area contributed by atoms with Gasteiger partial charge in [-0.15, -0.1) is 0 Å². The second kappa shape index (κ2) is 9.38. The van der Waals surface area contributed by atoms with Crippen LogP contribution in [0.3, 0.4) is 0 Å². The molecule has 1 saturated carbocycles. The van der Waals surface area contributed by atoms with E-state index >= 15 is 0 Å². The van der Waals surface area contributed by atoms with E-state index in [0.717, 1.165) is 24.9 Å². The highest BCUT2D eigenvalue weighted by Crippen LogP contribution is 2.28. The Morgan fingerprint density at radius 1 is 1.07 bits per heavy atom. The number of nitrogens with zero attached hydrogens (tertiary/aromatic N) is 1. The molecule has 2 amide bonds. The van der Waals surface area contributed by atoms with Crippen molar-refractivity contribution >= 4 is 27.5 Å². The van der Waals surface area contributed by atoms with Crippen LogP contribution in [0.5, 0.6) is 0 Å². The Labute approximate surface area is 176 Å². The van der Waals surface area contributed by atoms with E-state index in [1.807, 2.05) is 12.1 Å². The Morgan fingerprint density at radius 2 is 1.70 bits per heavy atom. The third-order valence-electron chi connectivity index (χ3n) is 4.98. The van der Waals surface area contributed by atoms with Crippen LogP contribution in [0.2, 0.25) is 0 Å². The van der Waals surface area contributed by atoms with Crippen molar-refractivity contribution in [2.45, 2.75) is 36.7 Å². The van der Waals surface area contributed by atoms with Gasteiger partial charge in [-0.2, -0.15) is 0 Å². The number of amides is 2. The number of benzene rings is 2. The second-order valence-corrected chi connectivity index (χ2v) is 8.91. The zero-order valence-electron chi connectivity index (χ0n) is 16.8. The summed E-state index contributed by atoms with van der Waals surface area (Å²) >= 11 is 0. The lowest BCUT2D eigenvalue weighted by atomic mass is 10.1. The smallest absolute Gasteiger partial charge is 0.251 e. The molecule has 0 spiro atoms. The highest BCUT2D eigenvalue weighted by Gasteiger charge is 2.29. The third kappa shape index (κ3) is 6.12. The molecule has 1 aliphatic rings. The number of nitrogens with two attached hydrogens (primary N) is 1. The molecule has 0 radical (unpaired) electrons. The van der Waals surface area contributed by atoms with Gasteiger partial charge in [0.1, 0.15) is 0 Å². The van der Waals surface area contributed by atoms with Gasteiger partial charge in [0.15, 0.2) is 0 Å². The summed E-state index contributed by atoms with van der Waals surface area (Å²) < 4.78 is 22.6. The molecule has 0 atom stereocenters. The number of hydrogen-bond acceptors (Lipinski definition) is 5. The van der Waals surface area contributed by atoms with E-state index in [1.54, 1.807) is 19.2 Å². The zero-order chi connectivity index (χ0) is 21.7. The standard InChI is InChI=1S/C21H26N4O4S/c1-23-21(27)16-4-2-15(3-5-16)14-25(18-8-9-18)13-12-20(26)24-17-6-10-19(11-7-17)30(22,28)29/h2-7,10-11,18H,8-9,12-14H2,1H3,(H,23,27)(H,24,26)(H2,22,28,29). The average Bonchev–Trinajstić information content (AvgIpc) is 3.56. The van der Waals surface area contributed by atoms with Crippen LogP contribution >= 0.6 is 0 Å². The minimum Gasteiger partial charge on any atom is -0.355 e. The first-order valence-electron chi connectivity index (χ1n) is 9.74. The molecule has 30 heavy (non-hydrogen) atoms. The first-order valence-corrected chi connectivity index (χ1v) is 11.3. The van der Waals surface area contributed by atoms with E-state index in [0.29, 0.717) is 30.3 Å². The predicted octanol–water partition coefficient (Wildman–Crippen LogP) is 1.69. The van der Waals surface area contributed by atoms with Crippen molar-refractivity contribution in [3.8, 4) is 0 Å². The maximum absolute atomic E-state index is 12.3. The SMILES string of the molecule is CNC(=O)c1ccc(CN(CCC(=O)Nc2ccc(S(N)(=O)=O)cc2)C2CC2)cc1. The molecule has 0 bridgehead atoms. The number of anilines is 1. The van der Waals surface area contributed by atoms with Crippen molar-refractivity contribution in [1.29, 1.82) is 0 Å². The van der Waals surface area contributed by atoms with Gasteiger partial charge >= 0.3 is 0 Å². The van der Waals surface area contributed by atoms with E-state index in [1.165, 1.54) is 24.3 Å². The summed E-state index contributed by atoms with van der Waals surface area (Å²) in [7, 11) is -2.15. The van der Waals surface area contributed by atoms with E-state index in [4.69, 9.17) is 5.14 Å². The van der Waals surface area contributed by atoms with Crippen molar-refractivity contribution < 1.29 is 18.0 Å². The van der Waals surface area contributed by atoms with E-state index in [9.17, 15) is 18.0 Å². The fourth-order valence-electron chi connectivity index (χ4n) is 3.17. The first kappa shape index (κ1) is 21.9. The molecule has 0 saturated heterocycles. The van der Waals surface area contributed by atoms with E-state index in [2.05, 4.69) is 15.5 Å². The Kier molecular flexibility index (Phi) is 6.86. The van der Waals surface area contributed by atoms with Crippen LogP contribution in [0.15, 0.2) is 53.4 Å². The van der Waals surface area contributed by atoms with Crippen LogP contribution < -0.4 is 15.8 Å². The minimum absolute atomic E-state index is 0.00263. The van der Waals surface area contributed by atoms with Gasteiger partial charge in [0.05, 0.1) is 4.90 Å². The molecule has 4 N–H and O–H groups in total. The van der Waals surface area contributed by atoms with Crippen molar-refractivity contribution in [2.24, 2.45) is 5.14 Å². The topological polar surface area (TPSA) is 122 Å². The summed E-state index contributed by atoms with van der Waals surface area (Å²) in [5, 5.41) is 10.5. The molecule has 0 unspecified atom stereocenters. The van der Waals surface area contributed by atoms with Crippen molar-refractivity contribution in [3.05, 3.63) is 59.7 Å². The maximum Gasteiger partial charge on any atom is 0.251 e. The van der Waals surface area contributed by atoms with Crippen LogP contribution in [0.25, 0.3) is 0 Å². The molecular weight excluding hydrogens is 404 g/mol. The molecular formula is C21H26N4O4S. The number of hydrogen-bond donors (Lipinski definition) is 3. The second-order valence-electron chi connectivity index (χ2n) is 7.35. The van der Waals surface area contributed by atoms with Gasteiger partial charge < -0.3 is 10.6 Å². The monoisotopic (exact) mass is 430 g/mol. The van der Waals surface area contributed by atoms with Crippen molar-refractivity contribution in [3.63, 3.8) is 0 Å². The highest BCUT2D eigenvalue weighted by molar-refractivity contribution is 7.89. The molecule has 160 valence electrons. The number of sulfonamides is 1. The molecule has 8 nitrogen and oxygen atoms in total. The minimum atomic E-state index is -3.75. The van der Waals surface area contributed by atoms with Gasteiger partial charge in [-0.1, -0.05) is 12.1 Å². The number of carbonyl (C=O) groups is 2. The van der Waals surface area contributed by atoms with Crippen LogP contribution in [0.1, 0.15) is 35.2 Å². The Bertz CT molecular complexity index is 1000. The fraction of sp³-hybridized carbons (Fsp3) is 0.333. The van der Waals surface area contributed by atoms with Crippen molar-refractivity contribution in [1.82, 2.24) is 10.2 Å². The molecule has 1 aliphatic carbocycles. The summed E-state index contributed by atoms with van der Waals surface area (Å²) in [5.41, 5.74) is 2.23. The lowest BCUT2D eigenvalue weighted by Crippen LogP contribution is -2.29. The maximum atomic E-state index is 12.3. The predicted molar refractivity (Wildman–Crippen MR) is 114 cm³/mol. The molecule has 2 aromatic rings. The molecule has 0 aromatic heterocycles. The van der Waals surface area contributed by atoms with Crippen LogP contribution in [-0.2, 0) is 21.4 Å². The van der Waals surface area contributed by atoms with E-state index < -0.39 is 10.0 Å². The van der Waals surface area contributed by atoms with E-state index in [-0.39, 0.29) is 16.7 Å². The van der Waals surface area contributed by atoms with Crippen LogP contribution in [0.4, 0.5) is 5.69 Å². The Hall–Kier alpha value is -2.75. The molecule has 2 aromatic carbocycles. The van der Waals surface area contributed by atoms with Gasteiger partial charge in [-0.05, 0) is 54.8 Å². The summed E-state index contributed by atoms with van der Waals surface area (Å²) in [6.07, 6.45) is 2.56. The van der Waals surface area contributed by atoms with Gasteiger partial charge in [0, 0.05) is 43.9 Å². The van der Waals surface area contributed by atoms with Crippen LogP contribution in [0, 0.1) is 0 Å². The quantitative estimate of drug-likeness (QED) is 0.559. The highest BCUT2D eigenvalue weighted by atomic mass is 32.2. The normalized spacial score (nSPS) is 13.8. The van der Waals surface area contributed by atoms with Crippen LogP contribution in [-0.4, -0.2) is 44.8 Å². The molecule has 3 rings (SSSR count). The van der Waals surface area contributed by atoms with Gasteiger partial charge in [0.2, 0.25) is 15.9 Å². The Morgan fingerprint density at radius 3 is 2.23 bits per heavy atom. The lowest BCUT2D eigenvalue weighted by molar-refractivity contribution is -0.116. The van der Waals surface area contributed by atoms with Gasteiger partial charge in [-0.25, -0.2) is 13.6 Å². The number of rotatable bonds is 9. The zero-order valence-corrected chi connectivity index (χ0v) is 17.6. The third-order valence-corrected chi connectivity index (χ3v) is 5.91. The molecule has 0 aliphatic heterocycles. The first-order chi connectivity index (χ1) is 14.3. The van der Waals surface area contributed by atoms with Gasteiger partial charge in [-0.3, -0.25) is 14.5 Å². The largest absolute Gasteiger partial charge is 0.355 e. The number of carbonyl (C=O) groups excluding carboxylic acids is 2.